The Balaban J connectivity index is 1.52. The summed E-state index contributed by atoms with van der Waals surface area (Å²) in [6.07, 6.45) is 3.20. The van der Waals surface area contributed by atoms with E-state index in [1.807, 2.05) is 6.92 Å². The Kier molecular flexibility index (Phi) is 5.87. The molecule has 0 unspecified atom stereocenters. The average molecular weight is 449 g/mol. The lowest BCUT2D eigenvalue weighted by molar-refractivity contribution is -0.0182. The molecule has 2 aromatic carbocycles. The zero-order valence-electron chi connectivity index (χ0n) is 16.7. The minimum absolute atomic E-state index is 0.0755. The first kappa shape index (κ1) is 21.5. The summed E-state index contributed by atoms with van der Waals surface area (Å²) in [6.45, 7) is 2.16. The predicted molar refractivity (Wildman–Crippen MR) is 106 cm³/mol. The van der Waals surface area contributed by atoms with E-state index in [0.717, 1.165) is 17.7 Å². The van der Waals surface area contributed by atoms with Crippen LogP contribution >= 0.6 is 0 Å². The van der Waals surface area contributed by atoms with Gasteiger partial charge in [0.2, 0.25) is 0 Å². The fraction of sp³-hybridized carbons (Fsp3) is 0.333. The molecule has 0 bridgehead atoms. The van der Waals surface area contributed by atoms with Crippen LogP contribution in [0.3, 0.4) is 0 Å². The van der Waals surface area contributed by atoms with Crippen LogP contribution in [0.15, 0.2) is 60.0 Å². The molecule has 1 aliphatic heterocycles. The average Bonchev–Trinajstić information content (AvgIpc) is 3.40. The fourth-order valence-corrected chi connectivity index (χ4v) is 4.66. The van der Waals surface area contributed by atoms with Gasteiger partial charge in [0, 0.05) is 5.92 Å². The molecule has 0 saturated carbocycles. The highest BCUT2D eigenvalue weighted by atomic mass is 32.2. The molecule has 2 heterocycles. The van der Waals surface area contributed by atoms with E-state index < -0.39 is 27.4 Å². The molecule has 2 atom stereocenters. The van der Waals surface area contributed by atoms with E-state index in [9.17, 15) is 17.2 Å². The molecule has 0 N–H and O–H groups in total. The normalized spacial score (nSPS) is 21.5. The van der Waals surface area contributed by atoms with E-state index in [1.54, 1.807) is 12.1 Å². The SMILES string of the molecule is Cc1ccc(S(=O)(=O)OC[C@@H]2CO[C@@](Cn3cncn3)(c3ccc(F)c(F)c3)C2)cc1. The number of ether oxygens (including phenoxy) is 1. The monoisotopic (exact) mass is 449 g/mol. The maximum absolute atomic E-state index is 13.9. The minimum atomic E-state index is -3.92. The lowest BCUT2D eigenvalue weighted by Gasteiger charge is -2.29. The lowest BCUT2D eigenvalue weighted by atomic mass is 9.87. The number of aryl methyl sites for hydroxylation is 1. The van der Waals surface area contributed by atoms with Gasteiger partial charge in [-0.25, -0.2) is 18.4 Å². The van der Waals surface area contributed by atoms with Crippen LogP contribution in [0.5, 0.6) is 0 Å². The molecular formula is C21H21F2N3O4S. The van der Waals surface area contributed by atoms with E-state index in [-0.39, 0.29) is 30.6 Å². The van der Waals surface area contributed by atoms with Gasteiger partial charge in [0.25, 0.3) is 10.1 Å². The summed E-state index contributed by atoms with van der Waals surface area (Å²) < 4.78 is 65.2. The number of nitrogens with zero attached hydrogens (tertiary/aromatic N) is 3. The van der Waals surface area contributed by atoms with Crippen molar-refractivity contribution in [3.8, 4) is 0 Å². The van der Waals surface area contributed by atoms with Crippen molar-refractivity contribution < 1.29 is 26.1 Å². The van der Waals surface area contributed by atoms with E-state index in [1.165, 1.54) is 35.5 Å². The molecule has 1 fully saturated rings. The summed E-state index contributed by atoms with van der Waals surface area (Å²) in [7, 11) is -3.92. The Hall–Kier alpha value is -2.69. The van der Waals surface area contributed by atoms with Gasteiger partial charge in [-0.2, -0.15) is 13.5 Å². The minimum Gasteiger partial charge on any atom is -0.368 e. The highest BCUT2D eigenvalue weighted by molar-refractivity contribution is 7.86. The van der Waals surface area contributed by atoms with Gasteiger partial charge in [-0.1, -0.05) is 23.8 Å². The topological polar surface area (TPSA) is 83.3 Å². The molecule has 4 rings (SSSR count). The molecular weight excluding hydrogens is 428 g/mol. The fourth-order valence-electron chi connectivity index (χ4n) is 3.69. The number of hydrogen-bond acceptors (Lipinski definition) is 6. The first-order chi connectivity index (χ1) is 14.8. The number of halogens is 2. The van der Waals surface area contributed by atoms with Gasteiger partial charge < -0.3 is 4.74 Å². The van der Waals surface area contributed by atoms with Crippen LogP contribution in [-0.2, 0) is 31.2 Å². The van der Waals surface area contributed by atoms with Crippen LogP contribution in [0.1, 0.15) is 17.5 Å². The maximum atomic E-state index is 13.9. The summed E-state index contributed by atoms with van der Waals surface area (Å²) in [4.78, 5) is 3.98. The molecule has 0 radical (unpaired) electrons. The Morgan fingerprint density at radius 2 is 1.97 bits per heavy atom. The van der Waals surface area contributed by atoms with Crippen molar-refractivity contribution in [2.24, 2.45) is 5.92 Å². The summed E-state index contributed by atoms with van der Waals surface area (Å²) in [5, 5.41) is 4.08. The first-order valence-electron chi connectivity index (χ1n) is 9.65. The summed E-state index contributed by atoms with van der Waals surface area (Å²) >= 11 is 0. The second kappa shape index (κ2) is 8.45. The van der Waals surface area contributed by atoms with E-state index in [2.05, 4.69) is 10.1 Å². The molecule has 10 heteroatoms. The quantitative estimate of drug-likeness (QED) is 0.515. The molecule has 1 saturated heterocycles. The Morgan fingerprint density at radius 3 is 2.65 bits per heavy atom. The molecule has 0 aliphatic carbocycles. The van der Waals surface area contributed by atoms with Gasteiger partial charge >= 0.3 is 0 Å². The molecule has 164 valence electrons. The highest BCUT2D eigenvalue weighted by Gasteiger charge is 2.43. The van der Waals surface area contributed by atoms with E-state index in [4.69, 9.17) is 8.92 Å². The van der Waals surface area contributed by atoms with Crippen LogP contribution in [0.25, 0.3) is 0 Å². The summed E-state index contributed by atoms with van der Waals surface area (Å²) in [6, 6.07) is 9.98. The van der Waals surface area contributed by atoms with Crippen LogP contribution in [-0.4, -0.2) is 36.4 Å². The van der Waals surface area contributed by atoms with Crippen molar-refractivity contribution in [1.29, 1.82) is 0 Å². The predicted octanol–water partition coefficient (Wildman–Crippen LogP) is 3.20. The third-order valence-electron chi connectivity index (χ3n) is 5.31. The Bertz CT molecular complexity index is 1150. The second-order valence-corrected chi connectivity index (χ2v) is 9.26. The van der Waals surface area contributed by atoms with E-state index >= 15 is 0 Å². The molecule has 3 aromatic rings. The van der Waals surface area contributed by atoms with Gasteiger partial charge in [-0.3, -0.25) is 4.18 Å². The molecule has 1 aliphatic rings. The lowest BCUT2D eigenvalue weighted by Crippen LogP contribution is -2.32. The van der Waals surface area contributed by atoms with Crippen LogP contribution in [0.4, 0.5) is 8.78 Å². The number of benzene rings is 2. The molecule has 0 spiro atoms. The van der Waals surface area contributed by atoms with Crippen molar-refractivity contribution in [2.75, 3.05) is 13.2 Å². The smallest absolute Gasteiger partial charge is 0.296 e. The molecule has 0 amide bonds. The summed E-state index contributed by atoms with van der Waals surface area (Å²) in [5.74, 6) is -2.22. The van der Waals surface area contributed by atoms with Crippen molar-refractivity contribution >= 4 is 10.1 Å². The second-order valence-electron chi connectivity index (χ2n) is 7.65. The van der Waals surface area contributed by atoms with Gasteiger partial charge in [0.1, 0.15) is 18.3 Å². The Labute approximate surface area is 178 Å². The third-order valence-corrected chi connectivity index (χ3v) is 6.61. The van der Waals surface area contributed by atoms with Gasteiger partial charge in [-0.05, 0) is 43.2 Å². The zero-order chi connectivity index (χ0) is 22.1. The number of rotatable bonds is 7. The van der Waals surface area contributed by atoms with Crippen LogP contribution in [0, 0.1) is 24.5 Å². The molecule has 7 nitrogen and oxygen atoms in total. The van der Waals surface area contributed by atoms with Crippen molar-refractivity contribution in [1.82, 2.24) is 14.8 Å². The van der Waals surface area contributed by atoms with Crippen LogP contribution < -0.4 is 0 Å². The van der Waals surface area contributed by atoms with Crippen molar-refractivity contribution in [2.45, 2.75) is 30.4 Å². The van der Waals surface area contributed by atoms with Crippen molar-refractivity contribution in [3.05, 3.63) is 77.9 Å². The van der Waals surface area contributed by atoms with Crippen molar-refractivity contribution in [3.63, 3.8) is 0 Å². The number of hydrogen-bond donors (Lipinski definition) is 0. The maximum Gasteiger partial charge on any atom is 0.296 e. The molecule has 31 heavy (non-hydrogen) atoms. The highest BCUT2D eigenvalue weighted by Crippen LogP contribution is 2.41. The van der Waals surface area contributed by atoms with Gasteiger partial charge in [0.15, 0.2) is 11.6 Å². The first-order valence-corrected chi connectivity index (χ1v) is 11.1. The number of aromatic nitrogens is 3. The van der Waals surface area contributed by atoms with E-state index in [0.29, 0.717) is 12.0 Å². The third kappa shape index (κ3) is 4.65. The van der Waals surface area contributed by atoms with Gasteiger partial charge in [-0.15, -0.1) is 0 Å². The van der Waals surface area contributed by atoms with Crippen LogP contribution in [0.2, 0.25) is 0 Å². The largest absolute Gasteiger partial charge is 0.368 e. The zero-order valence-corrected chi connectivity index (χ0v) is 17.6. The Morgan fingerprint density at radius 1 is 1.19 bits per heavy atom. The standard InChI is InChI=1S/C21H21F2N3O4S/c1-15-2-5-18(6-3-15)31(27,28)30-11-16-9-21(29-10-16,12-26-14-24-13-25-26)17-4-7-19(22)20(23)8-17/h2-8,13-14,16H,9-12H2,1H3/t16-,21-/m0/s1. The van der Waals surface area contributed by atoms with Gasteiger partial charge in [0.05, 0.1) is 24.7 Å². The summed E-state index contributed by atoms with van der Waals surface area (Å²) in [5.41, 5.74) is 0.350. The molecule has 1 aromatic heterocycles.